The van der Waals surface area contributed by atoms with E-state index >= 15 is 0 Å². The summed E-state index contributed by atoms with van der Waals surface area (Å²) in [5.41, 5.74) is 5.11. The van der Waals surface area contributed by atoms with Crippen LogP contribution in [-0.4, -0.2) is 59.4 Å². The molecule has 73 heavy (non-hydrogen) atoms. The van der Waals surface area contributed by atoms with Crippen molar-refractivity contribution in [2.75, 3.05) is 49.7 Å². The lowest BCUT2D eigenvalue weighted by atomic mass is 10.0. The summed E-state index contributed by atoms with van der Waals surface area (Å²) in [6, 6.07) is 22.7. The maximum Gasteiger partial charge on any atom is 0.258 e. The van der Waals surface area contributed by atoms with E-state index in [0.717, 1.165) is 5.56 Å². The number of hydrogen-bond acceptors (Lipinski definition) is 12. The third-order valence-electron chi connectivity index (χ3n) is 11.5. The molecule has 0 aliphatic carbocycles. The minimum absolute atomic E-state index is 0.198. The van der Waals surface area contributed by atoms with Crippen LogP contribution in [0.4, 0.5) is 34.4 Å². The summed E-state index contributed by atoms with van der Waals surface area (Å²) in [5, 5.41) is 14.1. The van der Waals surface area contributed by atoms with Gasteiger partial charge in [0.05, 0.1) is 93.4 Å². The number of pyridine rings is 4. The van der Waals surface area contributed by atoms with Crippen molar-refractivity contribution >= 4 is 114 Å². The zero-order chi connectivity index (χ0) is 52.8. The van der Waals surface area contributed by atoms with Crippen molar-refractivity contribution in [3.63, 3.8) is 0 Å². The smallest absolute Gasteiger partial charge is 0.258 e. The van der Waals surface area contributed by atoms with Crippen molar-refractivity contribution in [2.24, 2.45) is 14.1 Å². The zero-order valence-electron chi connectivity index (χ0n) is 40.3. The largest absolute Gasteiger partial charge is 0.495 e. The second kappa shape index (κ2) is 22.6. The highest BCUT2D eigenvalue weighted by Crippen LogP contribution is 2.47. The monoisotopic (exact) mass is 1060 g/mol. The number of nitrogens with one attached hydrogen (secondary N) is 4. The van der Waals surface area contributed by atoms with Gasteiger partial charge < -0.3 is 49.3 Å². The second-order valence-electron chi connectivity index (χ2n) is 15.8. The standard InChI is InChI=1S/C27H24Cl2N4O4.C26H22Cl2N4O4/c1-6-22(34)31-17-9-7-8-14(2)26(17)32-21-11-18-15(13-30-21)10-16(27(35)33(18)3)23-24(28)19(36-4)12-20(37-5)25(23)29;1-5-22(33)31-17-9-7-6-8-16(17)30-21-11-18-14(13-29-21)10-15(26(34)32(18)2)23-24(27)19(35-3)12-20(36-4)25(23)28/h6-13H,1H2,2-5H3,(H,30,32)(H,31,34);5-13H,1H2,2-4H3,(H,29,30)(H,31,33). The van der Waals surface area contributed by atoms with E-state index < -0.39 is 0 Å². The van der Waals surface area contributed by atoms with Crippen LogP contribution in [0.25, 0.3) is 44.1 Å². The topological polar surface area (TPSA) is 189 Å². The predicted molar refractivity (Wildman–Crippen MR) is 293 cm³/mol. The Kier molecular flexibility index (Phi) is 16.3. The summed E-state index contributed by atoms with van der Waals surface area (Å²) in [7, 11) is 9.18. The van der Waals surface area contributed by atoms with Crippen LogP contribution in [0.15, 0.2) is 126 Å². The van der Waals surface area contributed by atoms with Crippen molar-refractivity contribution < 1.29 is 28.5 Å². The van der Waals surface area contributed by atoms with E-state index in [-0.39, 0.29) is 54.2 Å². The summed E-state index contributed by atoms with van der Waals surface area (Å²) < 4.78 is 24.4. The number of aryl methyl sites for hydroxylation is 3. The van der Waals surface area contributed by atoms with E-state index in [2.05, 4.69) is 44.4 Å². The second-order valence-corrected chi connectivity index (χ2v) is 17.4. The number of rotatable bonds is 14. The summed E-state index contributed by atoms with van der Waals surface area (Å²) in [5.74, 6) is 1.61. The van der Waals surface area contributed by atoms with Gasteiger partial charge in [0.15, 0.2) is 0 Å². The molecule has 0 bridgehead atoms. The molecule has 0 aliphatic heterocycles. The molecule has 0 fully saturated rings. The Hall–Kier alpha value is -8.02. The van der Waals surface area contributed by atoms with E-state index in [4.69, 9.17) is 65.4 Å². The van der Waals surface area contributed by atoms with E-state index in [1.165, 1.54) is 49.7 Å². The molecule has 0 saturated carbocycles. The lowest BCUT2D eigenvalue weighted by molar-refractivity contribution is -0.112. The van der Waals surface area contributed by atoms with Gasteiger partial charge >= 0.3 is 0 Å². The fourth-order valence-electron chi connectivity index (χ4n) is 7.74. The molecule has 4 N–H and O–H groups in total. The van der Waals surface area contributed by atoms with Crippen molar-refractivity contribution in [3.8, 4) is 45.3 Å². The first kappa shape index (κ1) is 52.8. The van der Waals surface area contributed by atoms with E-state index in [1.54, 1.807) is 87.2 Å². The number of anilines is 6. The van der Waals surface area contributed by atoms with E-state index in [9.17, 15) is 19.2 Å². The maximum atomic E-state index is 13.5. The van der Waals surface area contributed by atoms with Crippen LogP contribution in [0.5, 0.6) is 23.0 Å². The molecule has 8 aromatic rings. The maximum absolute atomic E-state index is 13.5. The number of amides is 2. The summed E-state index contributed by atoms with van der Waals surface area (Å²) >= 11 is 26.3. The van der Waals surface area contributed by atoms with Gasteiger partial charge in [0, 0.05) is 72.7 Å². The fourth-order valence-corrected chi connectivity index (χ4v) is 9.15. The Morgan fingerprint density at radius 1 is 0.562 bits per heavy atom. The van der Waals surface area contributed by atoms with E-state index in [1.807, 2.05) is 25.1 Å². The number of aromatic nitrogens is 4. The van der Waals surface area contributed by atoms with Crippen LogP contribution in [-0.2, 0) is 23.7 Å². The molecule has 0 aliphatic rings. The Morgan fingerprint density at radius 2 is 0.959 bits per heavy atom. The normalized spacial score (nSPS) is 10.7. The Bertz CT molecular complexity index is 3600. The number of methoxy groups -OCH3 is 4. The first-order valence-corrected chi connectivity index (χ1v) is 23.3. The number of carbonyl (C=O) groups is 2. The zero-order valence-corrected chi connectivity index (χ0v) is 43.3. The van der Waals surface area contributed by atoms with Gasteiger partial charge in [-0.1, -0.05) is 83.8 Å². The highest BCUT2D eigenvalue weighted by molar-refractivity contribution is 6.42. The van der Waals surface area contributed by atoms with Crippen molar-refractivity contribution in [3.05, 3.63) is 163 Å². The summed E-state index contributed by atoms with van der Waals surface area (Å²) in [6.45, 7) is 8.88. The van der Waals surface area contributed by atoms with Gasteiger partial charge in [-0.05, 0) is 55.0 Å². The minimum Gasteiger partial charge on any atom is -0.495 e. The fraction of sp³-hybridized carbons (Fsp3) is 0.132. The molecule has 2 amide bonds. The lowest BCUT2D eigenvalue weighted by Crippen LogP contribution is -2.19. The molecule has 16 nitrogen and oxygen atoms in total. The summed E-state index contributed by atoms with van der Waals surface area (Å²) in [6.07, 6.45) is 5.66. The number of ether oxygens (including phenoxy) is 4. The molecule has 20 heteroatoms. The Balaban J connectivity index is 0.000000214. The molecule has 0 radical (unpaired) electrons. The van der Waals surface area contributed by atoms with Crippen LogP contribution >= 0.6 is 46.4 Å². The summed E-state index contributed by atoms with van der Waals surface area (Å²) in [4.78, 5) is 59.6. The Morgan fingerprint density at radius 3 is 1.38 bits per heavy atom. The molecule has 0 atom stereocenters. The molecular weight excluding hydrogens is 1020 g/mol. The SMILES string of the molecule is C=CC(=O)Nc1cccc(C)c1Nc1cc2c(cn1)cc(-c1c(Cl)c(OC)cc(OC)c1Cl)c(=O)n2C.C=CC(=O)Nc1ccccc1Nc1cc2c(cn1)cc(-c1c(Cl)c(OC)cc(OC)c1Cl)c(=O)n2C. The van der Waals surface area contributed by atoms with E-state index in [0.29, 0.717) is 90.3 Å². The third kappa shape index (κ3) is 10.8. The molecule has 374 valence electrons. The first-order chi connectivity index (χ1) is 35.0. The van der Waals surface area contributed by atoms with Crippen molar-refractivity contribution in [1.29, 1.82) is 0 Å². The Labute approximate surface area is 438 Å². The highest BCUT2D eigenvalue weighted by Gasteiger charge is 2.24. The van der Waals surface area contributed by atoms with Gasteiger partial charge in [-0.15, -0.1) is 0 Å². The van der Waals surface area contributed by atoms with Gasteiger partial charge in [0.1, 0.15) is 34.6 Å². The third-order valence-corrected chi connectivity index (χ3v) is 13.0. The number of carbonyl (C=O) groups excluding carboxylic acids is 2. The van der Waals surface area contributed by atoms with Crippen LogP contribution in [0.3, 0.4) is 0 Å². The van der Waals surface area contributed by atoms with Crippen molar-refractivity contribution in [2.45, 2.75) is 6.92 Å². The van der Waals surface area contributed by atoms with Crippen molar-refractivity contribution in [1.82, 2.24) is 19.1 Å². The first-order valence-electron chi connectivity index (χ1n) is 21.8. The minimum atomic E-state index is -0.336. The molecule has 0 unspecified atom stereocenters. The molecule has 0 spiro atoms. The highest BCUT2D eigenvalue weighted by atomic mass is 35.5. The van der Waals surface area contributed by atoms with Gasteiger partial charge in [-0.3, -0.25) is 19.2 Å². The lowest BCUT2D eigenvalue weighted by Gasteiger charge is -2.17. The number of para-hydroxylation sites is 3. The van der Waals surface area contributed by atoms with Crippen LogP contribution in [0, 0.1) is 6.92 Å². The van der Waals surface area contributed by atoms with Crippen LogP contribution in [0.1, 0.15) is 5.56 Å². The quantitative estimate of drug-likeness (QED) is 0.0756. The average molecular weight is 1060 g/mol. The van der Waals surface area contributed by atoms with Crippen LogP contribution in [0.2, 0.25) is 20.1 Å². The molecule has 8 rings (SSSR count). The molecule has 4 heterocycles. The number of nitrogens with zero attached hydrogens (tertiary/aromatic N) is 4. The van der Waals surface area contributed by atoms with Gasteiger partial charge in [-0.2, -0.15) is 0 Å². The van der Waals surface area contributed by atoms with Gasteiger partial charge in [0.25, 0.3) is 11.1 Å². The molecule has 4 aromatic heterocycles. The number of fused-ring (bicyclic) bond motifs is 2. The number of benzene rings is 4. The molecule has 0 saturated heterocycles. The number of hydrogen-bond donors (Lipinski definition) is 4. The predicted octanol–water partition coefficient (Wildman–Crippen LogP) is 11.9. The molecule has 4 aromatic carbocycles. The van der Waals surface area contributed by atoms with Gasteiger partial charge in [0.2, 0.25) is 11.8 Å². The molecular formula is C53H46Cl4N8O8. The number of halogens is 4. The average Bonchev–Trinajstić information content (AvgIpc) is 3.39. The van der Waals surface area contributed by atoms with Crippen LogP contribution < -0.4 is 51.3 Å². The van der Waals surface area contributed by atoms with Gasteiger partial charge in [-0.25, -0.2) is 9.97 Å².